The molecule has 1 aromatic rings. The topological polar surface area (TPSA) is 29.9 Å². The molecule has 1 aromatic heterocycles. The van der Waals surface area contributed by atoms with Crippen molar-refractivity contribution in [2.75, 3.05) is 11.9 Å². The second-order valence-corrected chi connectivity index (χ2v) is 3.65. The van der Waals surface area contributed by atoms with Gasteiger partial charge in [-0.25, -0.2) is 0 Å². The zero-order valence-corrected chi connectivity index (χ0v) is 8.75. The second-order valence-electron chi connectivity index (χ2n) is 3.65. The Balaban J connectivity index is 2.26. The number of aromatic nitrogens is 2. The molecule has 1 unspecified atom stereocenters. The summed E-state index contributed by atoms with van der Waals surface area (Å²) in [4.78, 5) is 0. The molecule has 3 nitrogen and oxygen atoms in total. The minimum Gasteiger partial charge on any atom is -0.368 e. The number of hydrogen-bond donors (Lipinski definition) is 1. The number of aryl methyl sites for hydroxylation is 1. The van der Waals surface area contributed by atoms with Crippen LogP contribution in [0.4, 0.5) is 5.82 Å². The van der Waals surface area contributed by atoms with Gasteiger partial charge in [-0.2, -0.15) is 5.10 Å². The summed E-state index contributed by atoms with van der Waals surface area (Å²) >= 11 is 0. The van der Waals surface area contributed by atoms with Crippen LogP contribution in [0.15, 0.2) is 12.3 Å². The third-order valence-corrected chi connectivity index (χ3v) is 2.13. The highest BCUT2D eigenvalue weighted by Gasteiger charge is 2.01. The highest BCUT2D eigenvalue weighted by Crippen LogP contribution is 2.07. The predicted octanol–water partition coefficient (Wildman–Crippen LogP) is 2.27. The fraction of sp³-hybridized carbons (Fsp3) is 0.700. The summed E-state index contributed by atoms with van der Waals surface area (Å²) in [5.74, 6) is 1.71. The Bertz CT molecular complexity index is 242. The summed E-state index contributed by atoms with van der Waals surface area (Å²) in [5, 5.41) is 7.57. The molecule has 0 spiro atoms. The van der Waals surface area contributed by atoms with E-state index in [4.69, 9.17) is 0 Å². The predicted molar refractivity (Wildman–Crippen MR) is 55.8 cm³/mol. The molecular formula is C10H19N3. The molecule has 0 amide bonds. The van der Waals surface area contributed by atoms with Crippen molar-refractivity contribution in [1.29, 1.82) is 0 Å². The van der Waals surface area contributed by atoms with Crippen LogP contribution in [0.5, 0.6) is 0 Å². The quantitative estimate of drug-likeness (QED) is 0.755. The Kier molecular flexibility index (Phi) is 3.80. The van der Waals surface area contributed by atoms with Crippen molar-refractivity contribution in [3.63, 3.8) is 0 Å². The molecule has 0 radical (unpaired) electrons. The van der Waals surface area contributed by atoms with Gasteiger partial charge in [0.1, 0.15) is 5.82 Å². The Morgan fingerprint density at radius 3 is 2.92 bits per heavy atom. The molecule has 13 heavy (non-hydrogen) atoms. The summed E-state index contributed by atoms with van der Waals surface area (Å²) in [5.41, 5.74) is 0. The van der Waals surface area contributed by atoms with Crippen LogP contribution < -0.4 is 5.32 Å². The number of rotatable bonds is 5. The summed E-state index contributed by atoms with van der Waals surface area (Å²) in [6, 6.07) is 2.00. The van der Waals surface area contributed by atoms with E-state index in [0.29, 0.717) is 0 Å². The monoisotopic (exact) mass is 181 g/mol. The lowest BCUT2D eigenvalue weighted by Crippen LogP contribution is -2.11. The van der Waals surface area contributed by atoms with Crippen LogP contribution in [0.3, 0.4) is 0 Å². The van der Waals surface area contributed by atoms with E-state index in [-0.39, 0.29) is 0 Å². The molecule has 0 bridgehead atoms. The molecule has 74 valence electrons. The van der Waals surface area contributed by atoms with Crippen LogP contribution in [0.2, 0.25) is 0 Å². The van der Waals surface area contributed by atoms with Gasteiger partial charge in [0.15, 0.2) is 0 Å². The van der Waals surface area contributed by atoms with Gasteiger partial charge in [0.05, 0.1) is 0 Å². The van der Waals surface area contributed by atoms with Crippen molar-refractivity contribution >= 4 is 5.82 Å². The summed E-state index contributed by atoms with van der Waals surface area (Å²) in [6.07, 6.45) is 4.48. The van der Waals surface area contributed by atoms with Crippen molar-refractivity contribution in [3.05, 3.63) is 12.3 Å². The Hall–Kier alpha value is -0.990. The minimum absolute atomic E-state index is 0.729. The van der Waals surface area contributed by atoms with Crippen LogP contribution in [0, 0.1) is 5.92 Å². The van der Waals surface area contributed by atoms with Crippen molar-refractivity contribution < 1.29 is 0 Å². The average Bonchev–Trinajstić information content (AvgIpc) is 2.49. The largest absolute Gasteiger partial charge is 0.368 e. The van der Waals surface area contributed by atoms with Crippen LogP contribution in [0.25, 0.3) is 0 Å². The molecule has 3 heteroatoms. The Morgan fingerprint density at radius 2 is 2.38 bits per heavy atom. The first-order chi connectivity index (χ1) is 6.22. The molecule has 0 aliphatic carbocycles. The molecule has 1 N–H and O–H groups in total. The standard InChI is InChI=1S/C10H19N3/c1-4-5-9(2)8-11-10-6-7-13(3)12-10/h6-7,9H,4-5,8H2,1-3H3,(H,11,12). The van der Waals surface area contributed by atoms with Gasteiger partial charge in [-0.15, -0.1) is 0 Å². The number of nitrogens with one attached hydrogen (secondary N) is 1. The fourth-order valence-corrected chi connectivity index (χ4v) is 1.38. The van der Waals surface area contributed by atoms with Crippen molar-refractivity contribution in [2.45, 2.75) is 26.7 Å². The normalized spacial score (nSPS) is 12.8. The van der Waals surface area contributed by atoms with Crippen LogP contribution >= 0.6 is 0 Å². The van der Waals surface area contributed by atoms with Gasteiger partial charge in [-0.05, 0) is 12.3 Å². The molecule has 0 fully saturated rings. The summed E-state index contributed by atoms with van der Waals surface area (Å²) in [6.45, 7) is 5.50. The Morgan fingerprint density at radius 1 is 1.62 bits per heavy atom. The molecule has 1 rings (SSSR count). The van der Waals surface area contributed by atoms with Gasteiger partial charge < -0.3 is 5.32 Å². The van der Waals surface area contributed by atoms with Gasteiger partial charge in [0.2, 0.25) is 0 Å². The molecule has 0 aliphatic rings. The van der Waals surface area contributed by atoms with E-state index in [1.165, 1.54) is 12.8 Å². The van der Waals surface area contributed by atoms with Crippen LogP contribution in [-0.4, -0.2) is 16.3 Å². The Labute approximate surface area is 80.1 Å². The SMILES string of the molecule is CCCC(C)CNc1ccn(C)n1. The molecule has 0 saturated heterocycles. The van der Waals surface area contributed by atoms with Gasteiger partial charge in [-0.1, -0.05) is 20.3 Å². The molecular weight excluding hydrogens is 162 g/mol. The van der Waals surface area contributed by atoms with Crippen molar-refractivity contribution in [3.8, 4) is 0 Å². The molecule has 0 saturated carbocycles. The maximum absolute atomic E-state index is 4.25. The van der Waals surface area contributed by atoms with E-state index < -0.39 is 0 Å². The van der Waals surface area contributed by atoms with Gasteiger partial charge in [0, 0.05) is 25.9 Å². The molecule has 0 aromatic carbocycles. The lowest BCUT2D eigenvalue weighted by atomic mass is 10.1. The first-order valence-corrected chi connectivity index (χ1v) is 4.96. The smallest absolute Gasteiger partial charge is 0.147 e. The minimum atomic E-state index is 0.729. The summed E-state index contributed by atoms with van der Waals surface area (Å²) in [7, 11) is 1.93. The van der Waals surface area contributed by atoms with E-state index >= 15 is 0 Å². The first-order valence-electron chi connectivity index (χ1n) is 4.96. The lowest BCUT2D eigenvalue weighted by molar-refractivity contribution is 0.549. The summed E-state index contributed by atoms with van der Waals surface area (Å²) < 4.78 is 1.81. The highest BCUT2D eigenvalue weighted by molar-refractivity contribution is 5.31. The molecule has 0 aliphatic heterocycles. The number of anilines is 1. The second kappa shape index (κ2) is 4.90. The van der Waals surface area contributed by atoms with Crippen molar-refractivity contribution in [1.82, 2.24) is 9.78 Å². The first kappa shape index (κ1) is 10.1. The van der Waals surface area contributed by atoms with Gasteiger partial charge in [0.25, 0.3) is 0 Å². The third-order valence-electron chi connectivity index (χ3n) is 2.13. The maximum Gasteiger partial charge on any atom is 0.147 e. The van der Waals surface area contributed by atoms with E-state index in [1.807, 2.05) is 24.0 Å². The average molecular weight is 181 g/mol. The molecule has 1 heterocycles. The van der Waals surface area contributed by atoms with Crippen LogP contribution in [-0.2, 0) is 7.05 Å². The van der Waals surface area contributed by atoms with Gasteiger partial charge in [-0.3, -0.25) is 4.68 Å². The van der Waals surface area contributed by atoms with Gasteiger partial charge >= 0.3 is 0 Å². The van der Waals surface area contributed by atoms with E-state index in [9.17, 15) is 0 Å². The van der Waals surface area contributed by atoms with E-state index in [2.05, 4.69) is 24.3 Å². The number of hydrogen-bond acceptors (Lipinski definition) is 2. The third kappa shape index (κ3) is 3.49. The molecule has 1 atom stereocenters. The highest BCUT2D eigenvalue weighted by atomic mass is 15.3. The number of nitrogens with zero attached hydrogens (tertiary/aromatic N) is 2. The fourth-order valence-electron chi connectivity index (χ4n) is 1.38. The maximum atomic E-state index is 4.25. The lowest BCUT2D eigenvalue weighted by Gasteiger charge is -2.10. The van der Waals surface area contributed by atoms with Crippen molar-refractivity contribution in [2.24, 2.45) is 13.0 Å². The van der Waals surface area contributed by atoms with E-state index in [1.54, 1.807) is 0 Å². The zero-order valence-electron chi connectivity index (χ0n) is 8.75. The zero-order chi connectivity index (χ0) is 9.68. The van der Waals surface area contributed by atoms with Crippen LogP contribution in [0.1, 0.15) is 26.7 Å². The van der Waals surface area contributed by atoms with E-state index in [0.717, 1.165) is 18.3 Å².